The van der Waals surface area contributed by atoms with Gasteiger partial charge in [0.2, 0.25) is 5.91 Å². The number of aromatic nitrogens is 1. The topological polar surface area (TPSA) is 62.3 Å². The van der Waals surface area contributed by atoms with Crippen LogP contribution in [0.5, 0.6) is 0 Å². The van der Waals surface area contributed by atoms with Crippen LogP contribution in [0.25, 0.3) is 0 Å². The molecule has 2 heterocycles. The molecule has 5 heteroatoms. The summed E-state index contributed by atoms with van der Waals surface area (Å²) in [5, 5.41) is 2.97. The molecule has 1 aromatic heterocycles. The van der Waals surface area contributed by atoms with Gasteiger partial charge in [-0.2, -0.15) is 0 Å². The molecule has 5 nitrogen and oxygen atoms in total. The van der Waals surface area contributed by atoms with Crippen molar-refractivity contribution in [3.63, 3.8) is 0 Å². The molecule has 0 bridgehead atoms. The van der Waals surface area contributed by atoms with Gasteiger partial charge in [-0.1, -0.05) is 0 Å². The van der Waals surface area contributed by atoms with Gasteiger partial charge in [-0.05, 0) is 25.1 Å². The third-order valence-corrected chi connectivity index (χ3v) is 2.47. The maximum Gasteiger partial charge on any atom is 0.262 e. The summed E-state index contributed by atoms with van der Waals surface area (Å²) in [5.74, 6) is -0.437. The Bertz CT molecular complexity index is 391. The van der Waals surface area contributed by atoms with Gasteiger partial charge in [0.05, 0.1) is 12.1 Å². The largest absolute Gasteiger partial charge is 0.308 e. The number of carbonyl (C=O) groups is 2. The third-order valence-electron chi connectivity index (χ3n) is 2.47. The Morgan fingerprint density at radius 2 is 2.38 bits per heavy atom. The summed E-state index contributed by atoms with van der Waals surface area (Å²) in [5.41, 5.74) is 0.456. The number of amides is 2. The fourth-order valence-corrected chi connectivity index (χ4v) is 1.64. The van der Waals surface area contributed by atoms with Crippen LogP contribution in [0.2, 0.25) is 0 Å². The molecule has 0 radical (unpaired) electrons. The molecule has 0 atom stereocenters. The Labute approximate surface area is 93.5 Å². The molecule has 2 amide bonds. The van der Waals surface area contributed by atoms with Crippen molar-refractivity contribution in [3.05, 3.63) is 30.1 Å². The van der Waals surface area contributed by atoms with Crippen LogP contribution in [0.4, 0.5) is 0 Å². The number of hydrogen-bond acceptors (Lipinski definition) is 4. The summed E-state index contributed by atoms with van der Waals surface area (Å²) < 4.78 is 0. The first kappa shape index (κ1) is 10.8. The van der Waals surface area contributed by atoms with E-state index in [1.54, 1.807) is 18.3 Å². The molecule has 0 saturated carbocycles. The minimum atomic E-state index is -0.262. The normalized spacial score (nSPS) is 17.0. The molecule has 1 aliphatic heterocycles. The van der Waals surface area contributed by atoms with Crippen molar-refractivity contribution in [2.24, 2.45) is 0 Å². The van der Waals surface area contributed by atoms with E-state index in [1.165, 1.54) is 11.1 Å². The van der Waals surface area contributed by atoms with Crippen molar-refractivity contribution in [2.45, 2.75) is 6.42 Å². The van der Waals surface area contributed by atoms with Gasteiger partial charge in [0.1, 0.15) is 0 Å². The highest BCUT2D eigenvalue weighted by Gasteiger charge is 2.23. The van der Waals surface area contributed by atoms with Gasteiger partial charge >= 0.3 is 0 Å². The standard InChI is InChI=1S/C11H13N3O2/c15-10-8-13-5-2-6-14(10)11(16)9-3-1-4-12-7-9/h1,3-4,7,13H,2,5-6,8H2. The van der Waals surface area contributed by atoms with Gasteiger partial charge in [-0.3, -0.25) is 19.5 Å². The second-order valence-electron chi connectivity index (χ2n) is 3.62. The summed E-state index contributed by atoms with van der Waals surface area (Å²) in [6.07, 6.45) is 3.87. The lowest BCUT2D eigenvalue weighted by atomic mass is 10.2. The molecule has 84 valence electrons. The lowest BCUT2D eigenvalue weighted by Gasteiger charge is -2.17. The zero-order valence-electron chi connectivity index (χ0n) is 8.85. The molecule has 16 heavy (non-hydrogen) atoms. The lowest BCUT2D eigenvalue weighted by Crippen LogP contribution is -2.39. The van der Waals surface area contributed by atoms with Crippen molar-refractivity contribution in [2.75, 3.05) is 19.6 Å². The Morgan fingerprint density at radius 1 is 1.50 bits per heavy atom. The Kier molecular flexibility index (Phi) is 3.26. The molecule has 1 fully saturated rings. The van der Waals surface area contributed by atoms with Crippen LogP contribution in [-0.2, 0) is 4.79 Å². The Morgan fingerprint density at radius 3 is 3.12 bits per heavy atom. The van der Waals surface area contributed by atoms with E-state index in [0.717, 1.165) is 13.0 Å². The number of nitrogens with zero attached hydrogens (tertiary/aromatic N) is 2. The van der Waals surface area contributed by atoms with Crippen molar-refractivity contribution in [1.82, 2.24) is 15.2 Å². The van der Waals surface area contributed by atoms with E-state index in [2.05, 4.69) is 10.3 Å². The van der Waals surface area contributed by atoms with Crippen LogP contribution in [0.3, 0.4) is 0 Å². The Hall–Kier alpha value is -1.75. The van der Waals surface area contributed by atoms with Gasteiger partial charge in [-0.25, -0.2) is 0 Å². The molecular formula is C11H13N3O2. The fraction of sp³-hybridized carbons (Fsp3) is 0.364. The number of hydrogen-bond donors (Lipinski definition) is 1. The van der Waals surface area contributed by atoms with Crippen LogP contribution in [0.15, 0.2) is 24.5 Å². The summed E-state index contributed by atoms with van der Waals surface area (Å²) in [6, 6.07) is 3.36. The number of pyridine rings is 1. The van der Waals surface area contributed by atoms with Crippen molar-refractivity contribution in [3.8, 4) is 0 Å². The minimum Gasteiger partial charge on any atom is -0.308 e. The average molecular weight is 219 g/mol. The quantitative estimate of drug-likeness (QED) is 0.678. The van der Waals surface area contributed by atoms with E-state index in [0.29, 0.717) is 12.1 Å². The van der Waals surface area contributed by atoms with E-state index >= 15 is 0 Å². The summed E-state index contributed by atoms with van der Waals surface area (Å²) in [6.45, 7) is 1.47. The van der Waals surface area contributed by atoms with Crippen molar-refractivity contribution in [1.29, 1.82) is 0 Å². The van der Waals surface area contributed by atoms with Crippen LogP contribution in [0, 0.1) is 0 Å². The first-order chi connectivity index (χ1) is 7.79. The predicted octanol–water partition coefficient (Wildman–Crippen LogP) is 0.0437. The zero-order valence-corrected chi connectivity index (χ0v) is 8.85. The average Bonchev–Trinajstić information content (AvgIpc) is 2.54. The van der Waals surface area contributed by atoms with E-state index < -0.39 is 0 Å². The molecule has 0 unspecified atom stereocenters. The smallest absolute Gasteiger partial charge is 0.262 e. The molecule has 2 rings (SSSR count). The minimum absolute atomic E-state index is 0.175. The van der Waals surface area contributed by atoms with Crippen molar-refractivity contribution < 1.29 is 9.59 Å². The number of carbonyl (C=O) groups excluding carboxylic acids is 2. The number of rotatable bonds is 1. The highest BCUT2D eigenvalue weighted by molar-refractivity contribution is 6.05. The maximum absolute atomic E-state index is 12.0. The summed E-state index contributed by atoms with van der Waals surface area (Å²) >= 11 is 0. The van der Waals surface area contributed by atoms with Crippen LogP contribution >= 0.6 is 0 Å². The molecule has 1 aliphatic rings. The van der Waals surface area contributed by atoms with Crippen LogP contribution in [0.1, 0.15) is 16.8 Å². The van der Waals surface area contributed by atoms with Crippen LogP contribution in [-0.4, -0.2) is 41.3 Å². The van der Waals surface area contributed by atoms with E-state index in [-0.39, 0.29) is 18.4 Å². The SMILES string of the molecule is O=C1CNCCCN1C(=O)c1cccnc1. The summed E-state index contributed by atoms with van der Waals surface area (Å²) in [7, 11) is 0. The van der Waals surface area contributed by atoms with Crippen molar-refractivity contribution >= 4 is 11.8 Å². The van der Waals surface area contributed by atoms with Gasteiger partial charge in [0, 0.05) is 18.9 Å². The number of imide groups is 1. The zero-order chi connectivity index (χ0) is 11.4. The van der Waals surface area contributed by atoms with E-state index in [9.17, 15) is 9.59 Å². The maximum atomic E-state index is 12.0. The monoisotopic (exact) mass is 219 g/mol. The highest BCUT2D eigenvalue weighted by atomic mass is 16.2. The highest BCUT2D eigenvalue weighted by Crippen LogP contribution is 2.05. The van der Waals surface area contributed by atoms with Gasteiger partial charge in [-0.15, -0.1) is 0 Å². The lowest BCUT2D eigenvalue weighted by molar-refractivity contribution is -0.127. The first-order valence-corrected chi connectivity index (χ1v) is 5.24. The van der Waals surface area contributed by atoms with Gasteiger partial charge < -0.3 is 5.32 Å². The second kappa shape index (κ2) is 4.85. The summed E-state index contributed by atoms with van der Waals surface area (Å²) in [4.78, 5) is 28.8. The van der Waals surface area contributed by atoms with Gasteiger partial charge in [0.25, 0.3) is 5.91 Å². The second-order valence-corrected chi connectivity index (χ2v) is 3.62. The predicted molar refractivity (Wildman–Crippen MR) is 57.8 cm³/mol. The van der Waals surface area contributed by atoms with E-state index in [1.807, 2.05) is 0 Å². The molecule has 0 aromatic carbocycles. The number of nitrogens with one attached hydrogen (secondary N) is 1. The van der Waals surface area contributed by atoms with Crippen LogP contribution < -0.4 is 5.32 Å². The van der Waals surface area contributed by atoms with E-state index in [4.69, 9.17) is 0 Å². The molecule has 1 N–H and O–H groups in total. The first-order valence-electron chi connectivity index (χ1n) is 5.24. The Balaban J connectivity index is 2.17. The fourth-order valence-electron chi connectivity index (χ4n) is 1.64. The third kappa shape index (κ3) is 2.25. The van der Waals surface area contributed by atoms with Gasteiger partial charge in [0.15, 0.2) is 0 Å². The molecule has 1 saturated heterocycles. The molecule has 0 aliphatic carbocycles. The molecule has 0 spiro atoms. The molecular weight excluding hydrogens is 206 g/mol. The molecule has 1 aromatic rings.